The molecule has 0 amide bonds. The van der Waals surface area contributed by atoms with Gasteiger partial charge in [-0.05, 0) is 25.1 Å². The van der Waals surface area contributed by atoms with Crippen LogP contribution in [0.2, 0.25) is 0 Å². The van der Waals surface area contributed by atoms with E-state index in [9.17, 15) is 4.39 Å². The first kappa shape index (κ1) is 12.0. The van der Waals surface area contributed by atoms with Gasteiger partial charge in [-0.1, -0.05) is 12.1 Å². The minimum Gasteiger partial charge on any atom is -0.308 e. The second kappa shape index (κ2) is 4.56. The Labute approximate surface area is 113 Å². The van der Waals surface area contributed by atoms with Crippen molar-refractivity contribution >= 4 is 27.4 Å². The first-order chi connectivity index (χ1) is 9.19. The van der Waals surface area contributed by atoms with Gasteiger partial charge in [-0.25, -0.2) is 20.2 Å². The summed E-state index contributed by atoms with van der Waals surface area (Å²) in [4.78, 5) is 10.6. The Morgan fingerprint density at radius 3 is 2.79 bits per heavy atom. The van der Waals surface area contributed by atoms with Crippen molar-refractivity contribution in [3.05, 3.63) is 41.0 Å². The molecule has 0 saturated carbocycles. The molecule has 2 heterocycles. The summed E-state index contributed by atoms with van der Waals surface area (Å²) in [5.74, 6) is 5.97. The van der Waals surface area contributed by atoms with Crippen LogP contribution < -0.4 is 11.3 Å². The second-order valence-electron chi connectivity index (χ2n) is 4.10. The molecule has 2 aromatic heterocycles. The fourth-order valence-corrected chi connectivity index (χ4v) is 2.79. The largest absolute Gasteiger partial charge is 0.308 e. The molecule has 3 N–H and O–H groups in total. The maximum absolute atomic E-state index is 13.8. The molecule has 0 bridgehead atoms. The van der Waals surface area contributed by atoms with Crippen LogP contribution in [-0.2, 0) is 0 Å². The van der Waals surface area contributed by atoms with Crippen LogP contribution in [0.25, 0.3) is 21.6 Å². The average Bonchev–Trinajstić information content (AvgIpc) is 2.78. The van der Waals surface area contributed by atoms with Gasteiger partial charge in [0.05, 0.1) is 10.9 Å². The van der Waals surface area contributed by atoms with E-state index in [1.807, 2.05) is 13.0 Å². The number of rotatable bonds is 2. The highest BCUT2D eigenvalue weighted by Gasteiger charge is 2.13. The van der Waals surface area contributed by atoms with Crippen LogP contribution in [-0.4, -0.2) is 9.97 Å². The molecule has 0 saturated heterocycles. The summed E-state index contributed by atoms with van der Waals surface area (Å²) in [5, 5.41) is 0.852. The van der Waals surface area contributed by atoms with Gasteiger partial charge in [-0.3, -0.25) is 0 Å². The molecule has 0 spiro atoms. The van der Waals surface area contributed by atoms with E-state index < -0.39 is 0 Å². The first-order valence-electron chi connectivity index (χ1n) is 5.69. The Balaban J connectivity index is 2.28. The van der Waals surface area contributed by atoms with Crippen LogP contribution in [0.15, 0.2) is 30.3 Å². The summed E-state index contributed by atoms with van der Waals surface area (Å²) < 4.78 is 13.8. The fraction of sp³-hybridized carbons (Fsp3) is 0.0769. The summed E-state index contributed by atoms with van der Waals surface area (Å²) in [6, 6.07) is 8.38. The number of thiophene rings is 1. The predicted octanol–water partition coefficient (Wildman–Crippen LogP) is 3.09. The molecule has 0 aliphatic carbocycles. The molecule has 6 heteroatoms. The first-order valence-corrected chi connectivity index (χ1v) is 6.50. The van der Waals surface area contributed by atoms with Gasteiger partial charge in [0.2, 0.25) is 0 Å². The van der Waals surface area contributed by atoms with Gasteiger partial charge in [-0.2, -0.15) is 0 Å². The lowest BCUT2D eigenvalue weighted by molar-refractivity contribution is 0.630. The lowest BCUT2D eigenvalue weighted by atomic mass is 10.2. The van der Waals surface area contributed by atoms with Crippen molar-refractivity contribution < 1.29 is 4.39 Å². The summed E-state index contributed by atoms with van der Waals surface area (Å²) in [5.41, 5.74) is 2.91. The van der Waals surface area contributed by atoms with Crippen LogP contribution in [0.3, 0.4) is 0 Å². The van der Waals surface area contributed by atoms with E-state index in [0.717, 1.165) is 15.1 Å². The number of nitrogen functional groups attached to an aromatic ring is 1. The topological polar surface area (TPSA) is 63.8 Å². The van der Waals surface area contributed by atoms with Gasteiger partial charge in [0.25, 0.3) is 0 Å². The van der Waals surface area contributed by atoms with Crippen LogP contribution in [0.4, 0.5) is 10.2 Å². The van der Waals surface area contributed by atoms with Crippen molar-refractivity contribution in [2.45, 2.75) is 6.92 Å². The van der Waals surface area contributed by atoms with Gasteiger partial charge in [-0.15, -0.1) is 11.3 Å². The van der Waals surface area contributed by atoms with E-state index in [4.69, 9.17) is 5.84 Å². The molecule has 3 aromatic rings. The molecule has 0 atom stereocenters. The third kappa shape index (κ3) is 2.05. The zero-order valence-corrected chi connectivity index (χ0v) is 11.0. The van der Waals surface area contributed by atoms with Crippen molar-refractivity contribution in [1.29, 1.82) is 0 Å². The monoisotopic (exact) mass is 274 g/mol. The number of aryl methyl sites for hydroxylation is 1. The molecule has 96 valence electrons. The zero-order valence-electron chi connectivity index (χ0n) is 10.1. The highest BCUT2D eigenvalue weighted by molar-refractivity contribution is 7.18. The van der Waals surface area contributed by atoms with Crippen LogP contribution >= 0.6 is 11.3 Å². The maximum atomic E-state index is 13.8. The lowest BCUT2D eigenvalue weighted by Crippen LogP contribution is -2.10. The lowest BCUT2D eigenvalue weighted by Gasteiger charge is -2.05. The van der Waals surface area contributed by atoms with Gasteiger partial charge in [0, 0.05) is 4.88 Å². The Hall–Kier alpha value is -2.05. The molecule has 4 nitrogen and oxygen atoms in total. The van der Waals surface area contributed by atoms with E-state index in [0.29, 0.717) is 17.2 Å². The number of fused-ring (bicyclic) bond motifs is 1. The standard InChI is InChI=1S/C13H11FN4S/c1-7-6-9-12(18-15)16-11(17-13(9)19-7)8-4-2-3-5-10(8)14/h2-6H,15H2,1H3,(H,16,17,18). The van der Waals surface area contributed by atoms with Crippen LogP contribution in [0.5, 0.6) is 0 Å². The van der Waals surface area contributed by atoms with Gasteiger partial charge >= 0.3 is 0 Å². The maximum Gasteiger partial charge on any atom is 0.166 e. The molecule has 0 aliphatic heterocycles. The number of nitrogens with two attached hydrogens (primary N) is 1. The molecular weight excluding hydrogens is 263 g/mol. The summed E-state index contributed by atoms with van der Waals surface area (Å²) in [7, 11) is 0. The third-order valence-electron chi connectivity index (χ3n) is 2.77. The van der Waals surface area contributed by atoms with Gasteiger partial charge in [0.1, 0.15) is 10.6 Å². The highest BCUT2D eigenvalue weighted by Crippen LogP contribution is 2.31. The van der Waals surface area contributed by atoms with E-state index in [1.54, 1.807) is 18.2 Å². The highest BCUT2D eigenvalue weighted by atomic mass is 32.1. The third-order valence-corrected chi connectivity index (χ3v) is 3.71. The number of hydrogen-bond donors (Lipinski definition) is 2. The van der Waals surface area contributed by atoms with Crippen molar-refractivity contribution in [3.63, 3.8) is 0 Å². The number of hydrazine groups is 1. The van der Waals surface area contributed by atoms with Crippen molar-refractivity contribution in [2.24, 2.45) is 5.84 Å². The number of hydrogen-bond acceptors (Lipinski definition) is 5. The molecule has 0 radical (unpaired) electrons. The number of anilines is 1. The van der Waals surface area contributed by atoms with Crippen molar-refractivity contribution in [1.82, 2.24) is 9.97 Å². The minimum atomic E-state index is -0.349. The number of nitrogens with zero attached hydrogens (tertiary/aromatic N) is 2. The minimum absolute atomic E-state index is 0.334. The fourth-order valence-electron chi connectivity index (χ4n) is 1.91. The predicted molar refractivity (Wildman–Crippen MR) is 75.4 cm³/mol. The number of benzene rings is 1. The molecule has 0 fully saturated rings. The Kier molecular flexibility index (Phi) is 2.88. The molecule has 0 unspecified atom stereocenters. The molecule has 1 aromatic carbocycles. The Bertz CT molecular complexity index is 753. The molecule has 3 rings (SSSR count). The SMILES string of the molecule is Cc1cc2c(NN)nc(-c3ccccc3F)nc2s1. The molecule has 19 heavy (non-hydrogen) atoms. The number of halogens is 1. The average molecular weight is 274 g/mol. The van der Waals surface area contributed by atoms with Crippen LogP contribution in [0.1, 0.15) is 4.88 Å². The normalized spacial score (nSPS) is 10.9. The number of nitrogens with one attached hydrogen (secondary N) is 1. The van der Waals surface area contributed by atoms with Crippen LogP contribution in [0, 0.1) is 12.7 Å². The van der Waals surface area contributed by atoms with Gasteiger partial charge in [0.15, 0.2) is 11.6 Å². The molecular formula is C13H11FN4S. The van der Waals surface area contributed by atoms with E-state index >= 15 is 0 Å². The number of aromatic nitrogens is 2. The summed E-state index contributed by atoms with van der Waals surface area (Å²) in [6.45, 7) is 1.98. The Morgan fingerprint density at radius 2 is 2.05 bits per heavy atom. The van der Waals surface area contributed by atoms with E-state index in [1.165, 1.54) is 17.4 Å². The Morgan fingerprint density at radius 1 is 1.26 bits per heavy atom. The van der Waals surface area contributed by atoms with E-state index in [-0.39, 0.29) is 5.82 Å². The van der Waals surface area contributed by atoms with Crippen molar-refractivity contribution in [2.75, 3.05) is 5.43 Å². The van der Waals surface area contributed by atoms with Crippen molar-refractivity contribution in [3.8, 4) is 11.4 Å². The summed E-state index contributed by atoms with van der Waals surface area (Å²) in [6.07, 6.45) is 0. The quantitative estimate of drug-likeness (QED) is 0.557. The van der Waals surface area contributed by atoms with Gasteiger partial charge < -0.3 is 5.43 Å². The molecule has 0 aliphatic rings. The zero-order chi connectivity index (χ0) is 13.4. The summed E-state index contributed by atoms with van der Waals surface area (Å²) >= 11 is 1.53. The smallest absolute Gasteiger partial charge is 0.166 e. The van der Waals surface area contributed by atoms with E-state index in [2.05, 4.69) is 15.4 Å². The second-order valence-corrected chi connectivity index (χ2v) is 5.33.